The average molecular weight is 371 g/mol. The van der Waals surface area contributed by atoms with Gasteiger partial charge in [0.05, 0.1) is 26.4 Å². The van der Waals surface area contributed by atoms with Crippen LogP contribution in [-0.4, -0.2) is 31.5 Å². The number of alkyl carbamates (subject to hydrolysis) is 1. The van der Waals surface area contributed by atoms with Crippen LogP contribution in [0.15, 0.2) is 54.6 Å². The highest BCUT2D eigenvalue weighted by Crippen LogP contribution is 2.13. The molecule has 0 saturated heterocycles. The van der Waals surface area contributed by atoms with Crippen LogP contribution < -0.4 is 10.1 Å². The fraction of sp³-hybridized carbons (Fsp3) is 0.409. The predicted molar refractivity (Wildman–Crippen MR) is 106 cm³/mol. The average Bonchev–Trinajstić information content (AvgIpc) is 2.61. The van der Waals surface area contributed by atoms with E-state index in [2.05, 4.69) is 5.32 Å². The maximum atomic E-state index is 12.2. The van der Waals surface area contributed by atoms with Crippen molar-refractivity contribution in [3.8, 4) is 5.75 Å². The third kappa shape index (κ3) is 8.13. The fourth-order valence-electron chi connectivity index (χ4n) is 2.57. The minimum absolute atomic E-state index is 0.180. The summed E-state index contributed by atoms with van der Waals surface area (Å²) >= 11 is 0. The van der Waals surface area contributed by atoms with Crippen LogP contribution in [0, 0.1) is 0 Å². The van der Waals surface area contributed by atoms with Crippen LogP contribution in [0.4, 0.5) is 4.79 Å². The number of carbonyl (C=O) groups excluding carboxylic acids is 1. The number of ether oxygens (including phenoxy) is 3. The van der Waals surface area contributed by atoms with Crippen molar-refractivity contribution in [1.29, 1.82) is 0 Å². The Labute approximate surface area is 161 Å². The van der Waals surface area contributed by atoms with Crippen molar-refractivity contribution in [3.05, 3.63) is 65.7 Å². The number of nitrogens with one attached hydrogen (secondary N) is 1. The highest BCUT2D eigenvalue weighted by molar-refractivity contribution is 5.68. The standard InChI is InChI=1S/C22H29NO4/c1-22(2,3)27-21(24)23-19(14-17-8-6-5-7-9-17)16-26-15-18-10-12-20(25-4)13-11-18/h5-13,19H,14-16H2,1-4H3,(H,23,24). The van der Waals surface area contributed by atoms with Crippen LogP contribution in [0.3, 0.4) is 0 Å². The van der Waals surface area contributed by atoms with Crippen molar-refractivity contribution in [1.82, 2.24) is 5.32 Å². The Hall–Kier alpha value is -2.53. The molecule has 0 aromatic heterocycles. The molecule has 0 heterocycles. The highest BCUT2D eigenvalue weighted by atomic mass is 16.6. The van der Waals surface area contributed by atoms with Crippen molar-refractivity contribution in [2.24, 2.45) is 0 Å². The molecule has 0 saturated carbocycles. The first kappa shape index (κ1) is 20.8. The van der Waals surface area contributed by atoms with Crippen molar-refractivity contribution < 1.29 is 19.0 Å². The molecule has 2 rings (SSSR count). The van der Waals surface area contributed by atoms with Gasteiger partial charge in [0.2, 0.25) is 0 Å². The van der Waals surface area contributed by atoms with Crippen molar-refractivity contribution >= 4 is 6.09 Å². The Bertz CT molecular complexity index is 693. The van der Waals surface area contributed by atoms with E-state index >= 15 is 0 Å². The molecule has 0 aliphatic rings. The zero-order valence-electron chi connectivity index (χ0n) is 16.5. The predicted octanol–water partition coefficient (Wildman–Crippen LogP) is 4.35. The molecule has 5 nitrogen and oxygen atoms in total. The van der Waals surface area contributed by atoms with E-state index in [0.717, 1.165) is 16.9 Å². The second-order valence-corrected chi connectivity index (χ2v) is 7.40. The molecule has 0 aliphatic heterocycles. The van der Waals surface area contributed by atoms with E-state index in [1.165, 1.54) is 0 Å². The van der Waals surface area contributed by atoms with Crippen molar-refractivity contribution in [2.45, 2.75) is 45.4 Å². The molecule has 2 aromatic carbocycles. The Kier molecular flexibility index (Phi) is 7.67. The molecular weight excluding hydrogens is 342 g/mol. The van der Waals surface area contributed by atoms with Gasteiger partial charge >= 0.3 is 6.09 Å². The normalized spacial score (nSPS) is 12.3. The third-order valence-corrected chi connectivity index (χ3v) is 3.79. The summed E-state index contributed by atoms with van der Waals surface area (Å²) in [5.41, 5.74) is 1.64. The fourth-order valence-corrected chi connectivity index (χ4v) is 2.57. The lowest BCUT2D eigenvalue weighted by Gasteiger charge is -2.24. The van der Waals surface area contributed by atoms with Gasteiger partial charge in [0.25, 0.3) is 0 Å². The van der Waals surface area contributed by atoms with Crippen LogP contribution in [0.5, 0.6) is 5.75 Å². The number of methoxy groups -OCH3 is 1. The Morgan fingerprint density at radius 3 is 2.26 bits per heavy atom. The Morgan fingerprint density at radius 2 is 1.67 bits per heavy atom. The molecule has 0 aliphatic carbocycles. The molecule has 1 amide bonds. The Morgan fingerprint density at radius 1 is 1.00 bits per heavy atom. The zero-order chi connectivity index (χ0) is 19.7. The maximum absolute atomic E-state index is 12.2. The van der Waals surface area contributed by atoms with E-state index in [0.29, 0.717) is 19.6 Å². The second kappa shape index (κ2) is 9.97. The van der Waals surface area contributed by atoms with Gasteiger partial charge in [-0.1, -0.05) is 42.5 Å². The van der Waals surface area contributed by atoms with Crippen LogP contribution >= 0.6 is 0 Å². The lowest BCUT2D eigenvalue weighted by atomic mass is 10.1. The molecule has 1 N–H and O–H groups in total. The van der Waals surface area contributed by atoms with Gasteiger partial charge in [-0.15, -0.1) is 0 Å². The molecule has 5 heteroatoms. The number of carbonyl (C=O) groups is 1. The molecule has 1 unspecified atom stereocenters. The SMILES string of the molecule is COc1ccc(COCC(Cc2ccccc2)NC(=O)OC(C)(C)C)cc1. The van der Waals surface area contributed by atoms with E-state index < -0.39 is 11.7 Å². The Balaban J connectivity index is 1.92. The highest BCUT2D eigenvalue weighted by Gasteiger charge is 2.20. The number of benzene rings is 2. The van der Waals surface area contributed by atoms with E-state index in [4.69, 9.17) is 14.2 Å². The van der Waals surface area contributed by atoms with Gasteiger partial charge in [0.15, 0.2) is 0 Å². The maximum Gasteiger partial charge on any atom is 0.407 e. The van der Waals surface area contributed by atoms with Gasteiger partial charge in [-0.05, 0) is 50.5 Å². The second-order valence-electron chi connectivity index (χ2n) is 7.40. The van der Waals surface area contributed by atoms with Crippen LogP contribution in [0.25, 0.3) is 0 Å². The minimum Gasteiger partial charge on any atom is -0.497 e. The largest absolute Gasteiger partial charge is 0.497 e. The molecule has 27 heavy (non-hydrogen) atoms. The minimum atomic E-state index is -0.536. The molecule has 146 valence electrons. The van der Waals surface area contributed by atoms with E-state index in [9.17, 15) is 4.79 Å². The molecule has 1 atom stereocenters. The van der Waals surface area contributed by atoms with Gasteiger partial charge < -0.3 is 19.5 Å². The molecule has 0 radical (unpaired) electrons. The molecule has 0 spiro atoms. The van der Waals surface area contributed by atoms with Crippen LogP contribution in [-0.2, 0) is 22.5 Å². The zero-order valence-corrected chi connectivity index (χ0v) is 16.5. The summed E-state index contributed by atoms with van der Waals surface area (Å²) in [4.78, 5) is 12.2. The summed E-state index contributed by atoms with van der Waals surface area (Å²) in [6.07, 6.45) is 0.236. The monoisotopic (exact) mass is 371 g/mol. The van der Waals surface area contributed by atoms with Crippen molar-refractivity contribution in [3.63, 3.8) is 0 Å². The number of rotatable bonds is 8. The van der Waals surface area contributed by atoms with Crippen molar-refractivity contribution in [2.75, 3.05) is 13.7 Å². The lowest BCUT2D eigenvalue weighted by Crippen LogP contribution is -2.42. The summed E-state index contributed by atoms with van der Waals surface area (Å²) in [6.45, 7) is 6.39. The van der Waals surface area contributed by atoms with Gasteiger partial charge in [-0.2, -0.15) is 0 Å². The van der Waals surface area contributed by atoms with Gasteiger partial charge in [-0.3, -0.25) is 0 Å². The van der Waals surface area contributed by atoms with Gasteiger partial charge in [0.1, 0.15) is 11.4 Å². The molecule has 0 bridgehead atoms. The smallest absolute Gasteiger partial charge is 0.407 e. The summed E-state index contributed by atoms with van der Waals surface area (Å²) < 4.78 is 16.4. The molecular formula is C22H29NO4. The van der Waals surface area contributed by atoms with Crippen LogP contribution in [0.1, 0.15) is 31.9 Å². The van der Waals surface area contributed by atoms with E-state index in [-0.39, 0.29) is 6.04 Å². The third-order valence-electron chi connectivity index (χ3n) is 3.79. The first-order valence-electron chi connectivity index (χ1n) is 9.10. The van der Waals surface area contributed by atoms with E-state index in [1.807, 2.05) is 75.4 Å². The quantitative estimate of drug-likeness (QED) is 0.750. The summed E-state index contributed by atoms with van der Waals surface area (Å²) in [6, 6.07) is 17.6. The first-order valence-corrected chi connectivity index (χ1v) is 9.10. The van der Waals surface area contributed by atoms with Gasteiger partial charge in [-0.25, -0.2) is 4.79 Å². The molecule has 0 fully saturated rings. The number of amides is 1. The van der Waals surface area contributed by atoms with E-state index in [1.54, 1.807) is 7.11 Å². The summed E-state index contributed by atoms with van der Waals surface area (Å²) in [7, 11) is 1.64. The lowest BCUT2D eigenvalue weighted by molar-refractivity contribution is 0.0429. The first-order chi connectivity index (χ1) is 12.9. The molecule has 2 aromatic rings. The number of hydrogen-bond donors (Lipinski definition) is 1. The summed E-state index contributed by atoms with van der Waals surface area (Å²) in [5.74, 6) is 0.812. The summed E-state index contributed by atoms with van der Waals surface area (Å²) in [5, 5.41) is 2.92. The van der Waals surface area contributed by atoms with Crippen LogP contribution in [0.2, 0.25) is 0 Å². The number of hydrogen-bond acceptors (Lipinski definition) is 4. The van der Waals surface area contributed by atoms with Gasteiger partial charge in [0, 0.05) is 0 Å². The topological polar surface area (TPSA) is 56.8 Å².